The number of hydrogen-bond donors (Lipinski definition) is 1. The van der Waals surface area contributed by atoms with E-state index >= 15 is 0 Å². The minimum atomic E-state index is 0.835. The molecule has 1 aromatic rings. The molecule has 0 aliphatic rings. The molecule has 16 heavy (non-hydrogen) atoms. The number of rotatable bonds is 6. The fourth-order valence-electron chi connectivity index (χ4n) is 1.62. The van der Waals surface area contributed by atoms with Crippen LogP contribution in [0.25, 0.3) is 0 Å². The molecule has 0 spiro atoms. The molecule has 0 saturated heterocycles. The van der Waals surface area contributed by atoms with Gasteiger partial charge in [0.15, 0.2) is 0 Å². The largest absolute Gasteiger partial charge is 0.372 e. The van der Waals surface area contributed by atoms with Crippen LogP contribution in [0.4, 0.5) is 11.6 Å². The average Bonchev–Trinajstić information content (AvgIpc) is 2.29. The molecule has 0 fully saturated rings. The minimum Gasteiger partial charge on any atom is -0.372 e. The Kier molecular flexibility index (Phi) is 5.52. The van der Waals surface area contributed by atoms with E-state index in [1.807, 2.05) is 7.05 Å². The van der Waals surface area contributed by atoms with E-state index in [4.69, 9.17) is 0 Å². The molecule has 1 heterocycles. The van der Waals surface area contributed by atoms with Crippen LogP contribution in [0.15, 0.2) is 10.8 Å². The second kappa shape index (κ2) is 6.68. The highest BCUT2D eigenvalue weighted by Gasteiger charge is 2.13. The molecule has 1 aromatic heterocycles. The predicted octanol–water partition coefficient (Wildman–Crippen LogP) is 2.91. The maximum absolute atomic E-state index is 4.35. The number of halogens is 1. The summed E-state index contributed by atoms with van der Waals surface area (Å²) in [6.07, 6.45) is 3.83. The van der Waals surface area contributed by atoms with Gasteiger partial charge in [0.25, 0.3) is 0 Å². The quantitative estimate of drug-likeness (QED) is 0.873. The van der Waals surface area contributed by atoms with E-state index in [0.717, 1.165) is 42.0 Å². The van der Waals surface area contributed by atoms with Crippen molar-refractivity contribution in [3.05, 3.63) is 10.8 Å². The summed E-state index contributed by atoms with van der Waals surface area (Å²) in [4.78, 5) is 10.8. The minimum absolute atomic E-state index is 0.835. The van der Waals surface area contributed by atoms with Gasteiger partial charge < -0.3 is 10.2 Å². The standard InChI is InChI=1S/C11H19BrN4/c1-4-6-16(7-5-2)11-9(12)10(13-3)14-8-15-11/h8H,4-7H2,1-3H3,(H,13,14,15). The monoisotopic (exact) mass is 286 g/mol. The molecule has 0 amide bonds. The highest BCUT2D eigenvalue weighted by molar-refractivity contribution is 9.10. The maximum atomic E-state index is 4.35. The molecule has 0 aliphatic heterocycles. The van der Waals surface area contributed by atoms with Gasteiger partial charge in [-0.15, -0.1) is 0 Å². The Hall–Kier alpha value is -0.840. The predicted molar refractivity (Wildman–Crippen MR) is 72.1 cm³/mol. The molecule has 1 rings (SSSR count). The summed E-state index contributed by atoms with van der Waals surface area (Å²) in [6, 6.07) is 0. The van der Waals surface area contributed by atoms with Crippen LogP contribution in [0.1, 0.15) is 26.7 Å². The van der Waals surface area contributed by atoms with Gasteiger partial charge in [-0.25, -0.2) is 9.97 Å². The summed E-state index contributed by atoms with van der Waals surface area (Å²) in [7, 11) is 1.86. The zero-order valence-electron chi connectivity index (χ0n) is 10.1. The fraction of sp³-hybridized carbons (Fsp3) is 0.636. The van der Waals surface area contributed by atoms with Crippen LogP contribution in [-0.2, 0) is 0 Å². The molecule has 90 valence electrons. The van der Waals surface area contributed by atoms with Gasteiger partial charge in [0.05, 0.1) is 0 Å². The highest BCUT2D eigenvalue weighted by Crippen LogP contribution is 2.29. The molecule has 0 bridgehead atoms. The molecule has 0 aliphatic carbocycles. The maximum Gasteiger partial charge on any atom is 0.148 e. The first-order valence-corrected chi connectivity index (χ1v) is 6.47. The smallest absolute Gasteiger partial charge is 0.148 e. The lowest BCUT2D eigenvalue weighted by molar-refractivity contribution is 0.731. The third kappa shape index (κ3) is 3.07. The van der Waals surface area contributed by atoms with Crippen molar-refractivity contribution in [3.8, 4) is 0 Å². The Bertz CT molecular complexity index is 324. The number of nitrogens with one attached hydrogen (secondary N) is 1. The van der Waals surface area contributed by atoms with Crippen molar-refractivity contribution in [2.24, 2.45) is 0 Å². The average molecular weight is 287 g/mol. The van der Waals surface area contributed by atoms with Gasteiger partial charge in [0.2, 0.25) is 0 Å². The summed E-state index contributed by atoms with van der Waals surface area (Å²) in [5.41, 5.74) is 0. The number of anilines is 2. The zero-order valence-corrected chi connectivity index (χ0v) is 11.7. The lowest BCUT2D eigenvalue weighted by atomic mass is 10.3. The summed E-state index contributed by atoms with van der Waals surface area (Å²) in [5, 5.41) is 3.05. The number of nitrogens with zero attached hydrogens (tertiary/aromatic N) is 3. The van der Waals surface area contributed by atoms with E-state index in [0.29, 0.717) is 0 Å². The first kappa shape index (κ1) is 13.2. The van der Waals surface area contributed by atoms with Gasteiger partial charge in [-0.3, -0.25) is 0 Å². The Morgan fingerprint density at radius 2 is 1.88 bits per heavy atom. The second-order valence-electron chi connectivity index (χ2n) is 3.60. The Labute approximate surface area is 106 Å². The first-order valence-electron chi connectivity index (χ1n) is 5.67. The van der Waals surface area contributed by atoms with Gasteiger partial charge in [-0.05, 0) is 28.8 Å². The van der Waals surface area contributed by atoms with Crippen LogP contribution in [0.5, 0.6) is 0 Å². The van der Waals surface area contributed by atoms with Crippen LogP contribution < -0.4 is 10.2 Å². The molecule has 0 unspecified atom stereocenters. The Morgan fingerprint density at radius 3 is 2.38 bits per heavy atom. The molecule has 1 N–H and O–H groups in total. The SMILES string of the molecule is CCCN(CCC)c1ncnc(NC)c1Br. The van der Waals surface area contributed by atoms with Gasteiger partial charge >= 0.3 is 0 Å². The summed E-state index contributed by atoms with van der Waals surface area (Å²) < 4.78 is 0.944. The van der Waals surface area contributed by atoms with Crippen LogP contribution in [0.3, 0.4) is 0 Å². The fourth-order valence-corrected chi connectivity index (χ4v) is 2.27. The van der Waals surface area contributed by atoms with Crippen molar-refractivity contribution in [2.75, 3.05) is 30.4 Å². The van der Waals surface area contributed by atoms with Gasteiger partial charge in [-0.1, -0.05) is 13.8 Å². The van der Waals surface area contributed by atoms with Gasteiger partial charge in [0, 0.05) is 20.1 Å². The van der Waals surface area contributed by atoms with Crippen LogP contribution in [0.2, 0.25) is 0 Å². The summed E-state index contributed by atoms with van der Waals surface area (Å²) >= 11 is 3.55. The topological polar surface area (TPSA) is 41.1 Å². The highest BCUT2D eigenvalue weighted by atomic mass is 79.9. The second-order valence-corrected chi connectivity index (χ2v) is 4.39. The number of aromatic nitrogens is 2. The van der Waals surface area contributed by atoms with E-state index in [2.05, 4.69) is 50.0 Å². The van der Waals surface area contributed by atoms with E-state index in [9.17, 15) is 0 Å². The van der Waals surface area contributed by atoms with Crippen molar-refractivity contribution >= 4 is 27.6 Å². The third-order valence-corrected chi connectivity index (χ3v) is 3.02. The van der Waals surface area contributed by atoms with Crippen LogP contribution >= 0.6 is 15.9 Å². The van der Waals surface area contributed by atoms with E-state index in [1.54, 1.807) is 6.33 Å². The molecular weight excluding hydrogens is 268 g/mol. The molecule has 4 nitrogen and oxygen atoms in total. The van der Waals surface area contributed by atoms with Crippen LogP contribution in [0, 0.1) is 0 Å². The summed E-state index contributed by atoms with van der Waals surface area (Å²) in [6.45, 7) is 6.40. The van der Waals surface area contributed by atoms with Crippen molar-refractivity contribution in [3.63, 3.8) is 0 Å². The molecule has 0 atom stereocenters. The molecular formula is C11H19BrN4. The Balaban J connectivity index is 2.98. The van der Waals surface area contributed by atoms with Crippen molar-refractivity contribution in [2.45, 2.75) is 26.7 Å². The molecule has 0 radical (unpaired) electrons. The lowest BCUT2D eigenvalue weighted by Crippen LogP contribution is -2.26. The van der Waals surface area contributed by atoms with E-state index in [-0.39, 0.29) is 0 Å². The van der Waals surface area contributed by atoms with Crippen molar-refractivity contribution in [1.82, 2.24) is 9.97 Å². The van der Waals surface area contributed by atoms with Crippen molar-refractivity contribution in [1.29, 1.82) is 0 Å². The lowest BCUT2D eigenvalue weighted by Gasteiger charge is -2.24. The molecule has 0 aromatic carbocycles. The van der Waals surface area contributed by atoms with Gasteiger partial charge in [-0.2, -0.15) is 0 Å². The van der Waals surface area contributed by atoms with E-state index < -0.39 is 0 Å². The van der Waals surface area contributed by atoms with Crippen molar-refractivity contribution < 1.29 is 0 Å². The van der Waals surface area contributed by atoms with Crippen LogP contribution in [-0.4, -0.2) is 30.1 Å². The van der Waals surface area contributed by atoms with Gasteiger partial charge in [0.1, 0.15) is 22.4 Å². The first-order chi connectivity index (χ1) is 7.74. The molecule has 0 saturated carbocycles. The number of hydrogen-bond acceptors (Lipinski definition) is 4. The zero-order chi connectivity index (χ0) is 12.0. The third-order valence-electron chi connectivity index (χ3n) is 2.29. The molecule has 5 heteroatoms. The summed E-state index contributed by atoms with van der Waals surface area (Å²) in [5.74, 6) is 1.81. The Morgan fingerprint density at radius 1 is 1.25 bits per heavy atom. The normalized spacial score (nSPS) is 10.2. The van der Waals surface area contributed by atoms with E-state index in [1.165, 1.54) is 0 Å².